The lowest BCUT2D eigenvalue weighted by Gasteiger charge is -2.08. The Balaban J connectivity index is 1.70. The highest BCUT2D eigenvalue weighted by atomic mass is 32.1. The fraction of sp³-hybridized carbons (Fsp3) is 0.222. The fourth-order valence-electron chi connectivity index (χ4n) is 2.32. The van der Waals surface area contributed by atoms with E-state index >= 15 is 0 Å². The van der Waals surface area contributed by atoms with E-state index in [-0.39, 0.29) is 0 Å². The van der Waals surface area contributed by atoms with Crippen molar-refractivity contribution in [3.63, 3.8) is 0 Å². The fourth-order valence-corrected chi connectivity index (χ4v) is 3.27. The lowest BCUT2D eigenvalue weighted by molar-refractivity contribution is 0.307. The van der Waals surface area contributed by atoms with Crippen LogP contribution in [0, 0.1) is 0 Å². The van der Waals surface area contributed by atoms with Crippen molar-refractivity contribution in [2.75, 3.05) is 6.54 Å². The predicted molar refractivity (Wildman–Crippen MR) is 90.0 cm³/mol. The summed E-state index contributed by atoms with van der Waals surface area (Å²) in [5.41, 5.74) is 2.51. The predicted octanol–water partition coefficient (Wildman–Crippen LogP) is 4.59. The second-order valence-corrected chi connectivity index (χ2v) is 5.88. The number of nitrogens with one attached hydrogen (secondary N) is 1. The molecule has 2 nitrogen and oxygen atoms in total. The number of hydrogen-bond donors (Lipinski definition) is 1. The summed E-state index contributed by atoms with van der Waals surface area (Å²) in [7, 11) is 0. The molecule has 2 aromatic carbocycles. The Labute approximate surface area is 129 Å². The van der Waals surface area contributed by atoms with Crippen molar-refractivity contribution in [2.45, 2.75) is 20.1 Å². The summed E-state index contributed by atoms with van der Waals surface area (Å²) in [6.45, 7) is 4.60. The molecule has 0 saturated carbocycles. The van der Waals surface area contributed by atoms with E-state index in [9.17, 15) is 0 Å². The first-order valence-electron chi connectivity index (χ1n) is 7.24. The average molecular weight is 297 g/mol. The molecule has 21 heavy (non-hydrogen) atoms. The standard InChI is InChI=1S/C18H19NOS/c1-2-19-11-14-6-5-7-16(10-14)20-12-15-13-21-18-9-4-3-8-17(15)18/h3-10,13,19H,2,11-12H2,1H3. The quantitative estimate of drug-likeness (QED) is 0.718. The van der Waals surface area contributed by atoms with E-state index in [0.717, 1.165) is 18.8 Å². The summed E-state index contributed by atoms with van der Waals surface area (Å²) >= 11 is 1.77. The normalized spacial score (nSPS) is 10.9. The molecule has 0 saturated heterocycles. The van der Waals surface area contributed by atoms with Crippen molar-refractivity contribution in [1.29, 1.82) is 0 Å². The minimum atomic E-state index is 0.620. The lowest BCUT2D eigenvalue weighted by Crippen LogP contribution is -2.11. The molecule has 0 fully saturated rings. The van der Waals surface area contributed by atoms with Gasteiger partial charge >= 0.3 is 0 Å². The average Bonchev–Trinajstić information content (AvgIpc) is 2.95. The Kier molecular flexibility index (Phi) is 4.53. The molecule has 1 N–H and O–H groups in total. The van der Waals surface area contributed by atoms with Gasteiger partial charge in [0.25, 0.3) is 0 Å². The number of fused-ring (bicyclic) bond motifs is 1. The van der Waals surface area contributed by atoms with Gasteiger partial charge in [0, 0.05) is 16.8 Å². The molecule has 3 heteroatoms. The summed E-state index contributed by atoms with van der Waals surface area (Å²) in [6, 6.07) is 16.8. The van der Waals surface area contributed by atoms with Crippen LogP contribution in [0.3, 0.4) is 0 Å². The number of rotatable bonds is 6. The van der Waals surface area contributed by atoms with Gasteiger partial charge in [0.1, 0.15) is 12.4 Å². The summed E-state index contributed by atoms with van der Waals surface area (Å²) in [4.78, 5) is 0. The molecule has 3 aromatic rings. The van der Waals surface area contributed by atoms with Gasteiger partial charge in [-0.3, -0.25) is 0 Å². The van der Waals surface area contributed by atoms with Crippen molar-refractivity contribution < 1.29 is 4.74 Å². The van der Waals surface area contributed by atoms with E-state index < -0.39 is 0 Å². The monoisotopic (exact) mass is 297 g/mol. The summed E-state index contributed by atoms with van der Waals surface area (Å²) in [6.07, 6.45) is 0. The van der Waals surface area contributed by atoms with Gasteiger partial charge in [-0.15, -0.1) is 11.3 Å². The van der Waals surface area contributed by atoms with Crippen LogP contribution in [0.2, 0.25) is 0 Å². The first-order chi connectivity index (χ1) is 10.4. The van der Waals surface area contributed by atoms with Crippen molar-refractivity contribution in [3.05, 3.63) is 65.0 Å². The largest absolute Gasteiger partial charge is 0.489 e. The van der Waals surface area contributed by atoms with Crippen molar-refractivity contribution >= 4 is 21.4 Å². The zero-order chi connectivity index (χ0) is 14.5. The molecule has 0 aliphatic rings. The van der Waals surface area contributed by atoms with Crippen LogP contribution in [0.5, 0.6) is 5.75 Å². The third-order valence-corrected chi connectivity index (χ3v) is 4.45. The van der Waals surface area contributed by atoms with Crippen LogP contribution in [0.1, 0.15) is 18.1 Å². The molecule has 0 aliphatic heterocycles. The molecule has 0 atom stereocenters. The van der Waals surface area contributed by atoms with E-state index in [0.29, 0.717) is 6.61 Å². The first-order valence-corrected chi connectivity index (χ1v) is 8.12. The maximum atomic E-state index is 5.96. The van der Waals surface area contributed by atoms with Crippen molar-refractivity contribution in [1.82, 2.24) is 5.32 Å². The van der Waals surface area contributed by atoms with Crippen molar-refractivity contribution in [2.24, 2.45) is 0 Å². The van der Waals surface area contributed by atoms with Gasteiger partial charge in [0.15, 0.2) is 0 Å². The molecule has 0 unspecified atom stereocenters. The van der Waals surface area contributed by atoms with Crippen LogP contribution < -0.4 is 10.1 Å². The molecular weight excluding hydrogens is 278 g/mol. The van der Waals surface area contributed by atoms with E-state index in [2.05, 4.69) is 54.0 Å². The van der Waals surface area contributed by atoms with Gasteiger partial charge in [-0.1, -0.05) is 37.3 Å². The Morgan fingerprint density at radius 3 is 2.90 bits per heavy atom. The SMILES string of the molecule is CCNCc1cccc(OCc2csc3ccccc23)c1. The third kappa shape index (κ3) is 3.43. The molecule has 1 heterocycles. The molecule has 0 spiro atoms. The number of benzene rings is 2. The maximum absolute atomic E-state index is 5.96. The molecule has 1 aromatic heterocycles. The van der Waals surface area contributed by atoms with Crippen LogP contribution in [0.15, 0.2) is 53.9 Å². The molecule has 0 amide bonds. The number of thiophene rings is 1. The molecule has 3 rings (SSSR count). The van der Waals surface area contributed by atoms with E-state index in [1.165, 1.54) is 21.2 Å². The van der Waals surface area contributed by atoms with Gasteiger partial charge < -0.3 is 10.1 Å². The van der Waals surface area contributed by atoms with Crippen LogP contribution >= 0.6 is 11.3 Å². The number of hydrogen-bond acceptors (Lipinski definition) is 3. The molecule has 0 bridgehead atoms. The second-order valence-electron chi connectivity index (χ2n) is 4.97. The molecular formula is C18H19NOS. The smallest absolute Gasteiger partial charge is 0.120 e. The van der Waals surface area contributed by atoms with Crippen LogP contribution in [0.25, 0.3) is 10.1 Å². The Hall–Kier alpha value is -1.84. The van der Waals surface area contributed by atoms with Gasteiger partial charge in [0.2, 0.25) is 0 Å². The van der Waals surface area contributed by atoms with Gasteiger partial charge in [0.05, 0.1) is 0 Å². The van der Waals surface area contributed by atoms with Gasteiger partial charge in [-0.05, 0) is 41.1 Å². The Bertz CT molecular complexity index is 720. The molecule has 0 aliphatic carbocycles. The Morgan fingerprint density at radius 2 is 2.00 bits per heavy atom. The van der Waals surface area contributed by atoms with Gasteiger partial charge in [-0.2, -0.15) is 0 Å². The number of ether oxygens (including phenoxy) is 1. The van der Waals surface area contributed by atoms with E-state index in [1.807, 2.05) is 12.1 Å². The molecule has 0 radical (unpaired) electrons. The zero-order valence-electron chi connectivity index (χ0n) is 12.1. The topological polar surface area (TPSA) is 21.3 Å². The zero-order valence-corrected chi connectivity index (χ0v) is 13.0. The Morgan fingerprint density at radius 1 is 1.10 bits per heavy atom. The minimum Gasteiger partial charge on any atom is -0.489 e. The second kappa shape index (κ2) is 6.74. The minimum absolute atomic E-state index is 0.620. The molecule has 108 valence electrons. The summed E-state index contributed by atoms with van der Waals surface area (Å²) < 4.78 is 7.27. The van der Waals surface area contributed by atoms with E-state index in [1.54, 1.807) is 11.3 Å². The van der Waals surface area contributed by atoms with Crippen LogP contribution in [-0.4, -0.2) is 6.54 Å². The van der Waals surface area contributed by atoms with E-state index in [4.69, 9.17) is 4.74 Å². The summed E-state index contributed by atoms with van der Waals surface area (Å²) in [5.74, 6) is 0.931. The lowest BCUT2D eigenvalue weighted by atomic mass is 10.2. The van der Waals surface area contributed by atoms with Crippen LogP contribution in [0.4, 0.5) is 0 Å². The highest BCUT2D eigenvalue weighted by molar-refractivity contribution is 7.17. The first kappa shape index (κ1) is 14.1. The van der Waals surface area contributed by atoms with Gasteiger partial charge in [-0.25, -0.2) is 0 Å². The van der Waals surface area contributed by atoms with Crippen LogP contribution in [-0.2, 0) is 13.2 Å². The third-order valence-electron chi connectivity index (χ3n) is 3.43. The summed E-state index contributed by atoms with van der Waals surface area (Å²) in [5, 5.41) is 6.82. The highest BCUT2D eigenvalue weighted by Crippen LogP contribution is 2.26. The van der Waals surface area contributed by atoms with Crippen molar-refractivity contribution in [3.8, 4) is 5.75 Å². The maximum Gasteiger partial charge on any atom is 0.120 e. The highest BCUT2D eigenvalue weighted by Gasteiger charge is 2.04.